The van der Waals surface area contributed by atoms with E-state index in [0.29, 0.717) is 48.5 Å². The van der Waals surface area contributed by atoms with Gasteiger partial charge in [0.1, 0.15) is 11.6 Å². The molecule has 5 rings (SSSR count). The van der Waals surface area contributed by atoms with Crippen molar-refractivity contribution in [2.75, 3.05) is 38.7 Å². The number of ether oxygens (including phenoxy) is 2. The van der Waals surface area contributed by atoms with Crippen molar-refractivity contribution in [3.05, 3.63) is 71.2 Å². The maximum absolute atomic E-state index is 13.0. The highest BCUT2D eigenvalue weighted by molar-refractivity contribution is 7.89. The minimum Gasteiger partial charge on any atom is -0.497 e. The van der Waals surface area contributed by atoms with Crippen molar-refractivity contribution in [2.45, 2.75) is 11.8 Å². The fraction of sp³-hybridized carbons (Fsp3) is 0.240. The van der Waals surface area contributed by atoms with Crippen LogP contribution in [-0.4, -0.2) is 66.8 Å². The normalized spacial score (nSPS) is 14.4. The largest absolute Gasteiger partial charge is 0.497 e. The van der Waals surface area contributed by atoms with Crippen molar-refractivity contribution >= 4 is 33.1 Å². The standard InChI is InChI=1S/C25H25N5O5S2/c1-17-15-23(30(28-17)25-26-22(16-36-25)18-3-7-20(34-2)8-4-18)27-24(31)19-5-9-21(10-6-19)37(32,33)29-11-13-35-14-12-29/h3-10,15-16H,11-14H2,1-2H3,(H,27,31). The van der Waals surface area contributed by atoms with E-state index in [0.717, 1.165) is 17.0 Å². The van der Waals surface area contributed by atoms with Crippen LogP contribution < -0.4 is 10.1 Å². The molecule has 1 amide bonds. The number of nitrogens with one attached hydrogen (secondary N) is 1. The minimum atomic E-state index is -3.63. The van der Waals surface area contributed by atoms with Gasteiger partial charge in [0.05, 0.1) is 36.6 Å². The van der Waals surface area contributed by atoms with E-state index in [1.54, 1.807) is 17.9 Å². The third-order valence-electron chi connectivity index (χ3n) is 5.86. The van der Waals surface area contributed by atoms with Crippen LogP contribution in [0.3, 0.4) is 0 Å². The number of carbonyl (C=O) groups is 1. The molecule has 4 aromatic rings. The number of anilines is 1. The summed E-state index contributed by atoms with van der Waals surface area (Å²) in [5.41, 5.74) is 2.75. The van der Waals surface area contributed by atoms with E-state index in [-0.39, 0.29) is 10.8 Å². The predicted molar refractivity (Wildman–Crippen MR) is 140 cm³/mol. The number of carbonyl (C=O) groups excluding carboxylic acids is 1. The average Bonchev–Trinajstić information content (AvgIpc) is 3.56. The molecular formula is C25H25N5O5S2. The zero-order valence-electron chi connectivity index (χ0n) is 20.2. The molecule has 192 valence electrons. The van der Waals surface area contributed by atoms with Crippen LogP contribution in [-0.2, 0) is 14.8 Å². The first-order valence-corrected chi connectivity index (χ1v) is 13.8. The lowest BCUT2D eigenvalue weighted by Crippen LogP contribution is -2.40. The second-order valence-electron chi connectivity index (χ2n) is 8.32. The van der Waals surface area contributed by atoms with Crippen molar-refractivity contribution in [1.29, 1.82) is 0 Å². The highest BCUT2D eigenvalue weighted by atomic mass is 32.2. The molecular weight excluding hydrogens is 514 g/mol. The van der Waals surface area contributed by atoms with E-state index in [9.17, 15) is 13.2 Å². The lowest BCUT2D eigenvalue weighted by molar-refractivity contribution is 0.0730. The molecule has 0 spiro atoms. The molecule has 0 saturated carbocycles. The number of aryl methyl sites for hydroxylation is 1. The number of amides is 1. The number of rotatable bonds is 7. The number of aromatic nitrogens is 3. The Morgan fingerprint density at radius 1 is 1.08 bits per heavy atom. The molecule has 3 heterocycles. The summed E-state index contributed by atoms with van der Waals surface area (Å²) in [5.74, 6) is 0.838. The van der Waals surface area contributed by atoms with E-state index in [2.05, 4.69) is 15.4 Å². The van der Waals surface area contributed by atoms with Crippen molar-refractivity contribution in [3.63, 3.8) is 0 Å². The number of sulfonamides is 1. The van der Waals surface area contributed by atoms with Crippen molar-refractivity contribution in [1.82, 2.24) is 19.1 Å². The molecule has 12 heteroatoms. The minimum absolute atomic E-state index is 0.140. The lowest BCUT2D eigenvalue weighted by atomic mass is 10.2. The van der Waals surface area contributed by atoms with Gasteiger partial charge in [-0.3, -0.25) is 4.79 Å². The maximum Gasteiger partial charge on any atom is 0.256 e. The number of hydrogen-bond acceptors (Lipinski definition) is 8. The zero-order valence-corrected chi connectivity index (χ0v) is 21.9. The van der Waals surface area contributed by atoms with Crippen LogP contribution in [0, 0.1) is 6.92 Å². The smallest absolute Gasteiger partial charge is 0.256 e. The number of benzene rings is 2. The zero-order chi connectivity index (χ0) is 26.0. The highest BCUT2D eigenvalue weighted by Crippen LogP contribution is 2.28. The Kier molecular flexibility index (Phi) is 7.07. The van der Waals surface area contributed by atoms with Gasteiger partial charge in [-0.2, -0.15) is 14.1 Å². The van der Waals surface area contributed by atoms with Crippen molar-refractivity contribution in [3.8, 4) is 22.1 Å². The molecule has 1 saturated heterocycles. The number of thiazole rings is 1. The first-order valence-electron chi connectivity index (χ1n) is 11.5. The first-order chi connectivity index (χ1) is 17.8. The number of methoxy groups -OCH3 is 1. The lowest BCUT2D eigenvalue weighted by Gasteiger charge is -2.26. The molecule has 1 aliphatic rings. The Hall–Kier alpha value is -3.58. The second kappa shape index (κ2) is 10.4. The summed E-state index contributed by atoms with van der Waals surface area (Å²) in [7, 11) is -2.02. The van der Waals surface area contributed by atoms with Gasteiger partial charge in [-0.05, 0) is 55.5 Å². The molecule has 0 unspecified atom stereocenters. The van der Waals surface area contributed by atoms with Crippen LogP contribution in [0.4, 0.5) is 5.82 Å². The Morgan fingerprint density at radius 3 is 2.46 bits per heavy atom. The summed E-state index contributed by atoms with van der Waals surface area (Å²) < 4.78 is 39.1. The third kappa shape index (κ3) is 5.27. The Morgan fingerprint density at radius 2 is 1.78 bits per heavy atom. The molecule has 10 nitrogen and oxygen atoms in total. The van der Waals surface area contributed by atoms with Gasteiger partial charge < -0.3 is 14.8 Å². The van der Waals surface area contributed by atoms with Crippen LogP contribution in [0.1, 0.15) is 16.1 Å². The fourth-order valence-electron chi connectivity index (χ4n) is 3.89. The van der Waals surface area contributed by atoms with Gasteiger partial charge in [0, 0.05) is 35.7 Å². The van der Waals surface area contributed by atoms with Crippen LogP contribution in [0.25, 0.3) is 16.4 Å². The highest BCUT2D eigenvalue weighted by Gasteiger charge is 2.26. The van der Waals surface area contributed by atoms with Gasteiger partial charge in [-0.25, -0.2) is 13.4 Å². The Labute approximate surface area is 218 Å². The molecule has 1 aliphatic heterocycles. The van der Waals surface area contributed by atoms with E-state index in [1.165, 1.54) is 39.9 Å². The molecule has 2 aromatic heterocycles. The van der Waals surface area contributed by atoms with Gasteiger partial charge >= 0.3 is 0 Å². The number of nitrogens with zero attached hydrogens (tertiary/aromatic N) is 4. The summed E-state index contributed by atoms with van der Waals surface area (Å²) in [6, 6.07) is 15.3. The molecule has 2 aromatic carbocycles. The van der Waals surface area contributed by atoms with Crippen molar-refractivity contribution in [2.24, 2.45) is 0 Å². The first kappa shape index (κ1) is 25.1. The van der Waals surface area contributed by atoms with Crippen LogP contribution in [0.15, 0.2) is 64.9 Å². The molecule has 0 bridgehead atoms. The molecule has 0 atom stereocenters. The molecule has 0 radical (unpaired) electrons. The van der Waals surface area contributed by atoms with E-state index < -0.39 is 10.0 Å². The summed E-state index contributed by atoms with van der Waals surface area (Å²) >= 11 is 1.40. The molecule has 37 heavy (non-hydrogen) atoms. The monoisotopic (exact) mass is 539 g/mol. The average molecular weight is 540 g/mol. The Bertz CT molecular complexity index is 1510. The number of morpholine rings is 1. The molecule has 0 aliphatic carbocycles. The van der Waals surface area contributed by atoms with Crippen LogP contribution in [0.2, 0.25) is 0 Å². The summed E-state index contributed by atoms with van der Waals surface area (Å²) in [6.07, 6.45) is 0. The number of hydrogen-bond donors (Lipinski definition) is 1. The maximum atomic E-state index is 13.0. The quantitative estimate of drug-likeness (QED) is 0.382. The summed E-state index contributed by atoms with van der Waals surface area (Å²) in [4.78, 5) is 17.8. The van der Waals surface area contributed by atoms with E-state index >= 15 is 0 Å². The van der Waals surface area contributed by atoms with E-state index in [4.69, 9.17) is 9.47 Å². The van der Waals surface area contributed by atoms with Crippen LogP contribution >= 0.6 is 11.3 Å². The van der Waals surface area contributed by atoms with Crippen molar-refractivity contribution < 1.29 is 22.7 Å². The second-order valence-corrected chi connectivity index (χ2v) is 11.1. The molecule has 1 N–H and O–H groups in total. The topological polar surface area (TPSA) is 116 Å². The SMILES string of the molecule is COc1ccc(-c2csc(-n3nc(C)cc3NC(=O)c3ccc(S(=O)(=O)N4CCOCC4)cc3)n2)cc1. The molecule has 1 fully saturated rings. The Balaban J connectivity index is 1.33. The van der Waals surface area contributed by atoms with E-state index in [1.807, 2.05) is 36.6 Å². The van der Waals surface area contributed by atoms with Gasteiger partial charge in [0.25, 0.3) is 5.91 Å². The van der Waals surface area contributed by atoms with Gasteiger partial charge in [-0.15, -0.1) is 11.3 Å². The van der Waals surface area contributed by atoms with Gasteiger partial charge in [-0.1, -0.05) is 0 Å². The van der Waals surface area contributed by atoms with Gasteiger partial charge in [0.2, 0.25) is 15.2 Å². The summed E-state index contributed by atoms with van der Waals surface area (Å²) in [6.45, 7) is 3.19. The predicted octanol–water partition coefficient (Wildman–Crippen LogP) is 3.59. The van der Waals surface area contributed by atoms with Gasteiger partial charge in [0.15, 0.2) is 0 Å². The third-order valence-corrected chi connectivity index (χ3v) is 8.59. The summed E-state index contributed by atoms with van der Waals surface area (Å²) in [5, 5.41) is 9.88. The van der Waals surface area contributed by atoms with Crippen LogP contribution in [0.5, 0.6) is 5.75 Å². The fourth-order valence-corrected chi connectivity index (χ4v) is 6.10.